The molecular weight excluding hydrogens is 370 g/mol. The highest BCUT2D eigenvalue weighted by Gasteiger charge is 2.35. The number of ether oxygens (including phenoxy) is 1. The van der Waals surface area contributed by atoms with E-state index in [0.717, 1.165) is 5.69 Å². The first kappa shape index (κ1) is 17.5. The summed E-state index contributed by atoms with van der Waals surface area (Å²) in [5.74, 6) is -0.981. The van der Waals surface area contributed by atoms with Crippen molar-refractivity contribution in [2.24, 2.45) is 0 Å². The van der Waals surface area contributed by atoms with Gasteiger partial charge in [0.15, 0.2) is 5.69 Å². The molecule has 1 amide bonds. The smallest absolute Gasteiger partial charge is 0.409 e. The highest BCUT2D eigenvalue weighted by molar-refractivity contribution is 5.85. The lowest BCUT2D eigenvalue weighted by atomic mass is 9.96. The lowest BCUT2D eigenvalue weighted by Gasteiger charge is -2.37. The number of amides is 1. The monoisotopic (exact) mass is 389 g/mol. The lowest BCUT2D eigenvalue weighted by molar-refractivity contribution is 0.0678. The molecule has 2 N–H and O–H groups in total. The normalized spacial score (nSPS) is 15.5. The Morgan fingerprint density at radius 1 is 1.07 bits per heavy atom. The van der Waals surface area contributed by atoms with Crippen LogP contribution in [0.2, 0.25) is 0 Å². The first-order valence-electron chi connectivity index (χ1n) is 9.50. The molecular formula is C22H19N3O4. The standard InChI is InChI=1S/C22H19N3O4/c26-21(27)20-9-19(23-24-20)13-10-25(11-13)22(28)29-12-18-16-7-3-1-5-14(16)15-6-2-4-8-17(15)18/h1-9,13,18H,10-12H2,(H,23,24)(H,26,27). The Morgan fingerprint density at radius 3 is 2.28 bits per heavy atom. The molecule has 1 aliphatic carbocycles. The number of aromatic amines is 1. The summed E-state index contributed by atoms with van der Waals surface area (Å²) < 4.78 is 5.64. The second-order valence-electron chi connectivity index (χ2n) is 7.42. The van der Waals surface area contributed by atoms with Crippen molar-refractivity contribution in [2.45, 2.75) is 11.8 Å². The number of nitrogens with zero attached hydrogens (tertiary/aromatic N) is 2. The number of benzene rings is 2. The maximum Gasteiger partial charge on any atom is 0.409 e. The molecule has 0 atom stereocenters. The number of carboxylic acids is 1. The minimum absolute atomic E-state index is 0.0143. The number of nitrogens with one attached hydrogen (secondary N) is 1. The van der Waals surface area contributed by atoms with E-state index in [2.05, 4.69) is 34.5 Å². The number of hydrogen-bond acceptors (Lipinski definition) is 4. The molecule has 1 fully saturated rings. The molecule has 0 saturated carbocycles. The van der Waals surface area contributed by atoms with Gasteiger partial charge < -0.3 is 14.7 Å². The lowest BCUT2D eigenvalue weighted by Crippen LogP contribution is -2.49. The van der Waals surface area contributed by atoms with Crippen molar-refractivity contribution >= 4 is 12.1 Å². The molecule has 0 unspecified atom stereocenters. The van der Waals surface area contributed by atoms with E-state index < -0.39 is 5.97 Å². The predicted octanol–water partition coefficient (Wildman–Crippen LogP) is 3.46. The molecule has 0 radical (unpaired) electrons. The Kier molecular flexibility index (Phi) is 4.08. The SMILES string of the molecule is O=C(O)c1cc(C2CN(C(=O)OCC3c4ccccc4-c4ccccc43)C2)[nH]n1. The van der Waals surface area contributed by atoms with E-state index in [1.54, 1.807) is 4.90 Å². The van der Waals surface area contributed by atoms with E-state index in [1.807, 2.05) is 24.3 Å². The van der Waals surface area contributed by atoms with Gasteiger partial charge in [0.2, 0.25) is 0 Å². The molecule has 1 aromatic heterocycles. The van der Waals surface area contributed by atoms with Crippen LogP contribution in [-0.2, 0) is 4.74 Å². The Bertz CT molecular complexity index is 1060. The minimum atomic E-state index is -1.07. The van der Waals surface area contributed by atoms with Crippen molar-refractivity contribution in [3.8, 4) is 11.1 Å². The zero-order chi connectivity index (χ0) is 20.0. The third-order valence-corrected chi connectivity index (χ3v) is 5.73. The first-order valence-corrected chi connectivity index (χ1v) is 9.50. The number of aromatic nitrogens is 2. The van der Waals surface area contributed by atoms with Gasteiger partial charge in [-0.1, -0.05) is 48.5 Å². The summed E-state index contributed by atoms with van der Waals surface area (Å²) in [5.41, 5.74) is 5.47. The zero-order valence-electron chi connectivity index (χ0n) is 15.5. The summed E-state index contributed by atoms with van der Waals surface area (Å²) in [6.07, 6.45) is -0.346. The fourth-order valence-electron chi connectivity index (χ4n) is 4.16. The zero-order valence-corrected chi connectivity index (χ0v) is 15.5. The van der Waals surface area contributed by atoms with Crippen LogP contribution in [-0.4, -0.2) is 52.0 Å². The van der Waals surface area contributed by atoms with Gasteiger partial charge >= 0.3 is 12.1 Å². The maximum atomic E-state index is 12.5. The maximum absolute atomic E-state index is 12.5. The fourth-order valence-corrected chi connectivity index (χ4v) is 4.16. The molecule has 3 aromatic rings. The van der Waals surface area contributed by atoms with Gasteiger partial charge in [-0.05, 0) is 28.3 Å². The third-order valence-electron chi connectivity index (χ3n) is 5.73. The van der Waals surface area contributed by atoms with Crippen molar-refractivity contribution in [1.82, 2.24) is 15.1 Å². The average Bonchev–Trinajstić information content (AvgIpc) is 3.29. The van der Waals surface area contributed by atoms with Crippen molar-refractivity contribution in [3.63, 3.8) is 0 Å². The molecule has 0 bridgehead atoms. The third kappa shape index (κ3) is 2.95. The van der Waals surface area contributed by atoms with E-state index in [1.165, 1.54) is 28.3 Å². The van der Waals surface area contributed by atoms with Crippen LogP contribution in [0.4, 0.5) is 4.79 Å². The van der Waals surface area contributed by atoms with Gasteiger partial charge in [-0.3, -0.25) is 5.10 Å². The molecule has 2 aliphatic rings. The van der Waals surface area contributed by atoms with Crippen LogP contribution in [0.3, 0.4) is 0 Å². The number of fused-ring (bicyclic) bond motifs is 3. The van der Waals surface area contributed by atoms with Crippen molar-refractivity contribution in [3.05, 3.63) is 77.1 Å². The van der Waals surface area contributed by atoms with Gasteiger partial charge in [-0.2, -0.15) is 5.10 Å². The van der Waals surface area contributed by atoms with Gasteiger partial charge in [0.1, 0.15) is 6.61 Å². The number of aromatic carboxylic acids is 1. The van der Waals surface area contributed by atoms with Gasteiger partial charge in [0.25, 0.3) is 0 Å². The van der Waals surface area contributed by atoms with Crippen LogP contribution in [0.5, 0.6) is 0 Å². The van der Waals surface area contributed by atoms with E-state index >= 15 is 0 Å². The molecule has 2 aromatic carbocycles. The summed E-state index contributed by atoms with van der Waals surface area (Å²) in [5, 5.41) is 15.5. The van der Waals surface area contributed by atoms with Crippen molar-refractivity contribution in [1.29, 1.82) is 0 Å². The topological polar surface area (TPSA) is 95.5 Å². The van der Waals surface area contributed by atoms with Crippen LogP contribution in [0.25, 0.3) is 11.1 Å². The summed E-state index contributed by atoms with van der Waals surface area (Å²) in [6.45, 7) is 1.26. The molecule has 7 nitrogen and oxygen atoms in total. The molecule has 5 rings (SSSR count). The highest BCUT2D eigenvalue weighted by Crippen LogP contribution is 2.44. The Hall–Kier alpha value is -3.61. The fraction of sp³-hybridized carbons (Fsp3) is 0.227. The number of hydrogen-bond donors (Lipinski definition) is 2. The second-order valence-corrected chi connectivity index (χ2v) is 7.42. The van der Waals surface area contributed by atoms with E-state index in [0.29, 0.717) is 19.7 Å². The first-order chi connectivity index (χ1) is 14.1. The summed E-state index contributed by atoms with van der Waals surface area (Å²) in [7, 11) is 0. The minimum Gasteiger partial charge on any atom is -0.476 e. The van der Waals surface area contributed by atoms with Gasteiger partial charge in [0, 0.05) is 30.6 Å². The molecule has 2 heterocycles. The molecule has 1 aliphatic heterocycles. The summed E-state index contributed by atoms with van der Waals surface area (Å²) in [6, 6.07) is 18.0. The van der Waals surface area contributed by atoms with Crippen LogP contribution < -0.4 is 0 Å². The Balaban J connectivity index is 1.22. The van der Waals surface area contributed by atoms with E-state index in [-0.39, 0.29) is 23.6 Å². The molecule has 29 heavy (non-hydrogen) atoms. The Morgan fingerprint density at radius 2 is 1.69 bits per heavy atom. The van der Waals surface area contributed by atoms with Crippen LogP contribution in [0.15, 0.2) is 54.6 Å². The van der Waals surface area contributed by atoms with Gasteiger partial charge in [-0.25, -0.2) is 9.59 Å². The van der Waals surface area contributed by atoms with Gasteiger partial charge in [0.05, 0.1) is 0 Å². The van der Waals surface area contributed by atoms with Crippen LogP contribution in [0, 0.1) is 0 Å². The number of carboxylic acid groups (broad SMARTS) is 1. The number of H-pyrrole nitrogens is 1. The van der Waals surface area contributed by atoms with E-state index in [4.69, 9.17) is 9.84 Å². The second kappa shape index (κ2) is 6.77. The Labute approximate surface area is 166 Å². The van der Waals surface area contributed by atoms with Crippen LogP contribution >= 0.6 is 0 Å². The summed E-state index contributed by atoms with van der Waals surface area (Å²) >= 11 is 0. The predicted molar refractivity (Wildman–Crippen MR) is 105 cm³/mol. The summed E-state index contributed by atoms with van der Waals surface area (Å²) in [4.78, 5) is 25.0. The quantitative estimate of drug-likeness (QED) is 0.713. The number of carbonyl (C=O) groups excluding carboxylic acids is 1. The van der Waals surface area contributed by atoms with Crippen LogP contribution in [0.1, 0.15) is 39.1 Å². The van der Waals surface area contributed by atoms with Crippen molar-refractivity contribution in [2.75, 3.05) is 19.7 Å². The number of carbonyl (C=O) groups is 2. The highest BCUT2D eigenvalue weighted by atomic mass is 16.6. The number of rotatable bonds is 4. The van der Waals surface area contributed by atoms with Crippen molar-refractivity contribution < 1.29 is 19.4 Å². The molecule has 0 spiro atoms. The van der Waals surface area contributed by atoms with E-state index in [9.17, 15) is 9.59 Å². The average molecular weight is 389 g/mol. The molecule has 1 saturated heterocycles. The molecule has 7 heteroatoms. The number of likely N-dealkylation sites (tertiary alicyclic amines) is 1. The van der Waals surface area contributed by atoms with Gasteiger partial charge in [-0.15, -0.1) is 0 Å². The largest absolute Gasteiger partial charge is 0.476 e. The molecule has 146 valence electrons.